The van der Waals surface area contributed by atoms with Crippen LogP contribution in [0.1, 0.15) is 30.4 Å². The summed E-state index contributed by atoms with van der Waals surface area (Å²) in [6, 6.07) is 11.7. The highest BCUT2D eigenvalue weighted by molar-refractivity contribution is 6.33. The van der Waals surface area contributed by atoms with Gasteiger partial charge in [-0.3, -0.25) is 5.32 Å². The van der Waals surface area contributed by atoms with Gasteiger partial charge in [0.2, 0.25) is 0 Å². The molecule has 0 unspecified atom stereocenters. The molecule has 0 saturated carbocycles. The van der Waals surface area contributed by atoms with Crippen LogP contribution in [0, 0.1) is 0 Å². The van der Waals surface area contributed by atoms with Gasteiger partial charge in [-0.1, -0.05) is 41.0 Å². The fourth-order valence-corrected chi connectivity index (χ4v) is 3.78. The molecule has 0 radical (unpaired) electrons. The maximum absolute atomic E-state index is 12.7. The Hall–Kier alpha value is -2.78. The van der Waals surface area contributed by atoms with E-state index in [1.165, 1.54) is 17.2 Å². The summed E-state index contributed by atoms with van der Waals surface area (Å²) in [7, 11) is 0. The first-order valence-corrected chi connectivity index (χ1v) is 10.0. The highest BCUT2D eigenvalue weighted by Gasteiger charge is 2.43. The Kier molecular flexibility index (Phi) is 5.81. The number of hydroxylamine groups is 2. The van der Waals surface area contributed by atoms with Crippen molar-refractivity contribution in [1.29, 1.82) is 0 Å². The summed E-state index contributed by atoms with van der Waals surface area (Å²) < 4.78 is 38.2. The minimum absolute atomic E-state index is 0.407. The number of alkyl halides is 3. The summed E-state index contributed by atoms with van der Waals surface area (Å²) in [6.45, 7) is 0.873. The molecular weight excluding hydrogens is 435 g/mol. The van der Waals surface area contributed by atoms with Gasteiger partial charge in [-0.15, -0.1) is 5.06 Å². The van der Waals surface area contributed by atoms with Gasteiger partial charge in [0.25, 0.3) is 0 Å². The molecule has 2 aromatic rings. The fraction of sp³-hybridized carbons (Fsp3) is 0.333. The van der Waals surface area contributed by atoms with Crippen LogP contribution < -0.4 is 5.32 Å². The average Bonchev–Trinajstić information content (AvgIpc) is 3.15. The molecule has 4 rings (SSSR count). The second kappa shape index (κ2) is 8.39. The van der Waals surface area contributed by atoms with Gasteiger partial charge in [0, 0.05) is 32.4 Å². The lowest BCUT2D eigenvalue weighted by atomic mass is 9.86. The summed E-state index contributed by atoms with van der Waals surface area (Å²) in [4.78, 5) is 23.1. The smallest absolute Gasteiger partial charge is 0.388 e. The molecule has 1 fully saturated rings. The third-order valence-corrected chi connectivity index (χ3v) is 5.67. The maximum atomic E-state index is 12.7. The Balaban J connectivity index is 1.29. The molecule has 10 heteroatoms. The molecule has 31 heavy (non-hydrogen) atoms. The van der Waals surface area contributed by atoms with Crippen LogP contribution in [0.5, 0.6) is 0 Å². The monoisotopic (exact) mass is 453 g/mol. The number of oxime groups is 1. The van der Waals surface area contributed by atoms with Gasteiger partial charge in [-0.05, 0) is 29.8 Å². The van der Waals surface area contributed by atoms with Crippen LogP contribution in [0.4, 0.5) is 23.7 Å². The first kappa shape index (κ1) is 21.5. The third-order valence-electron chi connectivity index (χ3n) is 5.34. The Bertz CT molecular complexity index is 987. The summed E-state index contributed by atoms with van der Waals surface area (Å²) in [5.41, 5.74) is 0.418. The molecule has 1 N–H and O–H groups in total. The largest absolute Gasteiger partial charge is 0.430 e. The summed E-state index contributed by atoms with van der Waals surface area (Å²) in [6.07, 6.45) is -3.42. The number of carbonyl (C=O) groups excluding carboxylic acids is 1. The topological polar surface area (TPSA) is 63.2 Å². The first-order chi connectivity index (χ1) is 14.7. The molecule has 2 aliphatic rings. The van der Waals surface area contributed by atoms with Crippen molar-refractivity contribution in [2.24, 2.45) is 5.16 Å². The molecule has 2 aliphatic heterocycles. The standard InChI is InChI=1S/C21H19ClF3N3O3/c22-16-3-1-2-4-17(16)26-19(29)30-28-11-9-20(10-12-28)13-18(27-31-20)14-5-7-15(8-6-14)21(23,24)25/h1-8H,9-13H2,(H,26,29). The Morgan fingerprint density at radius 1 is 1.13 bits per heavy atom. The lowest BCUT2D eigenvalue weighted by molar-refractivity contribution is -0.154. The van der Waals surface area contributed by atoms with Gasteiger partial charge in [-0.25, -0.2) is 4.79 Å². The molecule has 0 atom stereocenters. The second-order valence-electron chi connectivity index (χ2n) is 7.48. The van der Waals surface area contributed by atoms with E-state index >= 15 is 0 Å². The molecule has 1 saturated heterocycles. The number of amides is 1. The van der Waals surface area contributed by atoms with Crippen LogP contribution in [-0.2, 0) is 15.9 Å². The van der Waals surface area contributed by atoms with E-state index in [1.807, 2.05) is 0 Å². The molecule has 6 nitrogen and oxygen atoms in total. The van der Waals surface area contributed by atoms with E-state index in [4.69, 9.17) is 21.3 Å². The Morgan fingerprint density at radius 2 is 1.81 bits per heavy atom. The number of hydrogen-bond acceptors (Lipinski definition) is 5. The van der Waals surface area contributed by atoms with Crippen molar-refractivity contribution in [1.82, 2.24) is 5.06 Å². The van der Waals surface area contributed by atoms with E-state index in [-0.39, 0.29) is 0 Å². The number of nitrogens with one attached hydrogen (secondary N) is 1. The fourth-order valence-electron chi connectivity index (χ4n) is 3.59. The molecule has 0 aromatic heterocycles. The Labute approximate surface area is 181 Å². The van der Waals surface area contributed by atoms with Crippen LogP contribution in [0.25, 0.3) is 0 Å². The average molecular weight is 454 g/mol. The molecule has 2 heterocycles. The number of halogens is 4. The summed E-state index contributed by atoms with van der Waals surface area (Å²) in [5, 5.41) is 8.65. The number of nitrogens with zero attached hydrogens (tertiary/aromatic N) is 2. The lowest BCUT2D eigenvalue weighted by Gasteiger charge is -2.35. The van der Waals surface area contributed by atoms with E-state index < -0.39 is 23.4 Å². The molecule has 0 aliphatic carbocycles. The minimum Gasteiger partial charge on any atom is -0.388 e. The number of piperidine rings is 1. The molecule has 0 bridgehead atoms. The van der Waals surface area contributed by atoms with Crippen molar-refractivity contribution in [2.75, 3.05) is 18.4 Å². The van der Waals surface area contributed by atoms with Gasteiger partial charge in [0.05, 0.1) is 22.0 Å². The number of carbonyl (C=O) groups is 1. The summed E-state index contributed by atoms with van der Waals surface area (Å²) in [5.74, 6) is 0. The molecule has 164 valence electrons. The van der Waals surface area contributed by atoms with E-state index in [9.17, 15) is 18.0 Å². The van der Waals surface area contributed by atoms with Gasteiger partial charge in [-0.2, -0.15) is 13.2 Å². The van der Waals surface area contributed by atoms with Crippen LogP contribution in [0.15, 0.2) is 53.7 Å². The molecule has 1 amide bonds. The highest BCUT2D eigenvalue weighted by Crippen LogP contribution is 2.37. The van der Waals surface area contributed by atoms with Crippen molar-refractivity contribution in [3.63, 3.8) is 0 Å². The molecule has 2 aromatic carbocycles. The summed E-state index contributed by atoms with van der Waals surface area (Å²) >= 11 is 6.02. The maximum Gasteiger partial charge on any atom is 0.430 e. The zero-order chi connectivity index (χ0) is 22.1. The quantitative estimate of drug-likeness (QED) is 0.668. The van der Waals surface area contributed by atoms with Crippen LogP contribution in [0.2, 0.25) is 5.02 Å². The van der Waals surface area contributed by atoms with Crippen LogP contribution >= 0.6 is 11.6 Å². The zero-order valence-corrected chi connectivity index (χ0v) is 17.0. The predicted molar refractivity (Wildman–Crippen MR) is 109 cm³/mol. The number of anilines is 1. The van der Waals surface area contributed by atoms with Crippen molar-refractivity contribution in [2.45, 2.75) is 31.0 Å². The minimum atomic E-state index is -4.38. The van der Waals surface area contributed by atoms with Crippen LogP contribution in [-0.4, -0.2) is 35.6 Å². The van der Waals surface area contributed by atoms with Crippen molar-refractivity contribution in [3.8, 4) is 0 Å². The number of benzene rings is 2. The van der Waals surface area contributed by atoms with Gasteiger partial charge in [0.15, 0.2) is 0 Å². The van der Waals surface area contributed by atoms with Crippen molar-refractivity contribution >= 4 is 29.1 Å². The SMILES string of the molecule is O=C(Nc1ccccc1Cl)ON1CCC2(CC1)CC(c1ccc(C(F)(F)F)cc1)=NO2. The number of para-hydroxylation sites is 1. The molecular formula is C21H19ClF3N3O3. The van der Waals surface area contributed by atoms with E-state index in [0.29, 0.717) is 54.3 Å². The first-order valence-electron chi connectivity index (χ1n) is 9.65. The lowest BCUT2D eigenvalue weighted by Crippen LogP contribution is -2.45. The van der Waals surface area contributed by atoms with Crippen molar-refractivity contribution < 1.29 is 27.6 Å². The zero-order valence-electron chi connectivity index (χ0n) is 16.3. The van der Waals surface area contributed by atoms with Crippen LogP contribution in [0.3, 0.4) is 0 Å². The van der Waals surface area contributed by atoms with Gasteiger partial charge < -0.3 is 9.68 Å². The Morgan fingerprint density at radius 3 is 2.45 bits per heavy atom. The van der Waals surface area contributed by atoms with E-state index in [0.717, 1.165) is 12.1 Å². The second-order valence-corrected chi connectivity index (χ2v) is 7.88. The number of hydrogen-bond donors (Lipinski definition) is 1. The molecule has 1 spiro atoms. The number of rotatable bonds is 3. The van der Waals surface area contributed by atoms with E-state index in [2.05, 4.69) is 10.5 Å². The van der Waals surface area contributed by atoms with Gasteiger partial charge >= 0.3 is 12.3 Å². The van der Waals surface area contributed by atoms with Crippen molar-refractivity contribution in [3.05, 3.63) is 64.7 Å². The predicted octanol–water partition coefficient (Wildman–Crippen LogP) is 5.48. The third kappa shape index (κ3) is 4.94. The van der Waals surface area contributed by atoms with E-state index in [1.54, 1.807) is 24.3 Å². The highest BCUT2D eigenvalue weighted by atomic mass is 35.5. The van der Waals surface area contributed by atoms with Gasteiger partial charge in [0.1, 0.15) is 5.60 Å². The normalized spacial score (nSPS) is 18.4.